The number of nitrogens with zero attached hydrogens (tertiary/aromatic N) is 2. The number of ether oxygens (including phenoxy) is 2. The third-order valence-corrected chi connectivity index (χ3v) is 2.13. The van der Waals surface area contributed by atoms with E-state index in [0.29, 0.717) is 11.6 Å². The summed E-state index contributed by atoms with van der Waals surface area (Å²) in [6.07, 6.45) is 3.30. The molecule has 6 heteroatoms. The van der Waals surface area contributed by atoms with Crippen LogP contribution >= 0.6 is 0 Å². The van der Waals surface area contributed by atoms with Gasteiger partial charge >= 0.3 is 5.97 Å². The first-order valence-electron chi connectivity index (χ1n) is 5.09. The van der Waals surface area contributed by atoms with Crippen LogP contribution in [0.1, 0.15) is 18.5 Å². The SMILES string of the molecule is COC(=O)CCC(=O)Cc1nccnc1OC. The Labute approximate surface area is 99.0 Å². The zero-order valence-electron chi connectivity index (χ0n) is 9.80. The molecule has 6 nitrogen and oxygen atoms in total. The van der Waals surface area contributed by atoms with Crippen LogP contribution < -0.4 is 4.74 Å². The number of esters is 1. The number of methoxy groups -OCH3 is 2. The van der Waals surface area contributed by atoms with Crippen LogP contribution in [0.2, 0.25) is 0 Å². The number of carbonyl (C=O) groups excluding carboxylic acids is 2. The molecule has 0 radical (unpaired) electrons. The minimum atomic E-state index is -0.399. The fourth-order valence-corrected chi connectivity index (χ4v) is 1.26. The molecular weight excluding hydrogens is 224 g/mol. The largest absolute Gasteiger partial charge is 0.480 e. The molecule has 0 aliphatic heterocycles. The van der Waals surface area contributed by atoms with Crippen LogP contribution in [-0.4, -0.2) is 35.9 Å². The first kappa shape index (κ1) is 13.1. The summed E-state index contributed by atoms with van der Waals surface area (Å²) in [7, 11) is 2.75. The molecule has 0 amide bonds. The van der Waals surface area contributed by atoms with Gasteiger partial charge in [-0.15, -0.1) is 0 Å². The molecule has 17 heavy (non-hydrogen) atoms. The second kappa shape index (κ2) is 6.57. The number of Topliss-reactive ketones (excluding diaryl/α,β-unsaturated/α-hetero) is 1. The zero-order valence-corrected chi connectivity index (χ0v) is 9.80. The maximum absolute atomic E-state index is 11.6. The molecule has 1 aromatic rings. The summed E-state index contributed by atoms with van der Waals surface area (Å²) in [6.45, 7) is 0. The average Bonchev–Trinajstić information content (AvgIpc) is 2.36. The van der Waals surface area contributed by atoms with Crippen molar-refractivity contribution in [3.63, 3.8) is 0 Å². The summed E-state index contributed by atoms with van der Waals surface area (Å²) in [6, 6.07) is 0. The lowest BCUT2D eigenvalue weighted by molar-refractivity contribution is -0.141. The van der Waals surface area contributed by atoms with Gasteiger partial charge in [-0.1, -0.05) is 0 Å². The van der Waals surface area contributed by atoms with Gasteiger partial charge in [0, 0.05) is 18.8 Å². The molecule has 1 rings (SSSR count). The van der Waals surface area contributed by atoms with Crippen LogP contribution in [0.4, 0.5) is 0 Å². The van der Waals surface area contributed by atoms with E-state index in [2.05, 4.69) is 14.7 Å². The smallest absolute Gasteiger partial charge is 0.305 e. The van der Waals surface area contributed by atoms with Gasteiger partial charge in [-0.2, -0.15) is 0 Å². The van der Waals surface area contributed by atoms with E-state index in [1.165, 1.54) is 26.6 Å². The normalized spacial score (nSPS) is 9.76. The Morgan fingerprint density at radius 3 is 2.53 bits per heavy atom. The van der Waals surface area contributed by atoms with Gasteiger partial charge in [0.1, 0.15) is 11.5 Å². The molecule has 0 unspecified atom stereocenters. The lowest BCUT2D eigenvalue weighted by atomic mass is 10.1. The molecular formula is C11H14N2O4. The molecule has 0 bridgehead atoms. The highest BCUT2D eigenvalue weighted by Crippen LogP contribution is 2.12. The van der Waals surface area contributed by atoms with Crippen LogP contribution in [0.15, 0.2) is 12.4 Å². The molecule has 0 atom stereocenters. The van der Waals surface area contributed by atoms with E-state index in [4.69, 9.17) is 4.74 Å². The van der Waals surface area contributed by atoms with Gasteiger partial charge < -0.3 is 9.47 Å². The van der Waals surface area contributed by atoms with Crippen LogP contribution in [-0.2, 0) is 20.7 Å². The van der Waals surface area contributed by atoms with Crippen molar-refractivity contribution >= 4 is 11.8 Å². The molecule has 1 aromatic heterocycles. The molecule has 0 spiro atoms. The summed E-state index contributed by atoms with van der Waals surface area (Å²) in [5.41, 5.74) is 0.477. The Bertz CT molecular complexity index is 406. The first-order chi connectivity index (χ1) is 8.17. The van der Waals surface area contributed by atoms with Crippen LogP contribution in [0.3, 0.4) is 0 Å². The highest BCUT2D eigenvalue weighted by molar-refractivity contribution is 5.84. The van der Waals surface area contributed by atoms with Crippen molar-refractivity contribution in [1.82, 2.24) is 9.97 Å². The summed E-state index contributed by atoms with van der Waals surface area (Å²) in [4.78, 5) is 30.4. The highest BCUT2D eigenvalue weighted by Gasteiger charge is 2.12. The quantitative estimate of drug-likeness (QED) is 0.673. The maximum atomic E-state index is 11.6. The van der Waals surface area contributed by atoms with Gasteiger partial charge in [-0.25, -0.2) is 4.98 Å². The fraction of sp³-hybridized carbons (Fsp3) is 0.455. The van der Waals surface area contributed by atoms with E-state index in [1.54, 1.807) is 0 Å². The second-order valence-corrected chi connectivity index (χ2v) is 3.30. The Morgan fingerprint density at radius 2 is 1.88 bits per heavy atom. The molecule has 0 aliphatic rings. The molecule has 0 fully saturated rings. The van der Waals surface area contributed by atoms with E-state index in [-0.39, 0.29) is 25.0 Å². The summed E-state index contributed by atoms with van der Waals surface area (Å²) < 4.78 is 9.43. The maximum Gasteiger partial charge on any atom is 0.305 e. The summed E-state index contributed by atoms with van der Waals surface area (Å²) in [5, 5.41) is 0. The molecule has 92 valence electrons. The lowest BCUT2D eigenvalue weighted by Crippen LogP contribution is -2.10. The number of rotatable bonds is 6. The number of hydrogen-bond acceptors (Lipinski definition) is 6. The van der Waals surface area contributed by atoms with E-state index >= 15 is 0 Å². The molecule has 0 saturated carbocycles. The number of carbonyl (C=O) groups is 2. The Hall–Kier alpha value is -1.98. The van der Waals surface area contributed by atoms with Gasteiger partial charge in [-0.05, 0) is 0 Å². The predicted molar refractivity (Wildman–Crippen MR) is 58.5 cm³/mol. The highest BCUT2D eigenvalue weighted by atomic mass is 16.5. The molecule has 0 N–H and O–H groups in total. The van der Waals surface area contributed by atoms with Crippen LogP contribution in [0.25, 0.3) is 0 Å². The number of aromatic nitrogens is 2. The van der Waals surface area contributed by atoms with Crippen molar-refractivity contribution in [2.75, 3.05) is 14.2 Å². The Balaban J connectivity index is 2.53. The van der Waals surface area contributed by atoms with Gasteiger partial charge in [0.05, 0.1) is 27.1 Å². The third-order valence-electron chi connectivity index (χ3n) is 2.13. The topological polar surface area (TPSA) is 78.4 Å². The minimum Gasteiger partial charge on any atom is -0.480 e. The van der Waals surface area contributed by atoms with Crippen LogP contribution in [0, 0.1) is 0 Å². The standard InChI is InChI=1S/C11H14N2O4/c1-16-10(15)4-3-8(14)7-9-11(17-2)13-6-5-12-9/h5-6H,3-4,7H2,1-2H3. The van der Waals surface area contributed by atoms with E-state index in [0.717, 1.165) is 0 Å². The van der Waals surface area contributed by atoms with Gasteiger partial charge in [0.2, 0.25) is 5.88 Å². The van der Waals surface area contributed by atoms with E-state index in [1.807, 2.05) is 0 Å². The molecule has 0 aliphatic carbocycles. The molecule has 0 aromatic carbocycles. The average molecular weight is 238 g/mol. The van der Waals surface area contributed by atoms with Crippen molar-refractivity contribution in [1.29, 1.82) is 0 Å². The summed E-state index contributed by atoms with van der Waals surface area (Å²) >= 11 is 0. The van der Waals surface area contributed by atoms with Crippen molar-refractivity contribution in [3.8, 4) is 5.88 Å². The van der Waals surface area contributed by atoms with Crippen molar-refractivity contribution in [2.24, 2.45) is 0 Å². The zero-order chi connectivity index (χ0) is 12.7. The van der Waals surface area contributed by atoms with E-state index < -0.39 is 5.97 Å². The minimum absolute atomic E-state index is 0.0813. The van der Waals surface area contributed by atoms with Crippen molar-refractivity contribution in [3.05, 3.63) is 18.1 Å². The Morgan fingerprint density at radius 1 is 1.18 bits per heavy atom. The number of hydrogen-bond donors (Lipinski definition) is 0. The Kier molecular flexibility index (Phi) is 5.06. The third kappa shape index (κ3) is 4.18. The van der Waals surface area contributed by atoms with Crippen molar-refractivity contribution < 1.29 is 19.1 Å². The molecule has 1 heterocycles. The van der Waals surface area contributed by atoms with E-state index in [9.17, 15) is 9.59 Å². The first-order valence-corrected chi connectivity index (χ1v) is 5.09. The number of ketones is 1. The lowest BCUT2D eigenvalue weighted by Gasteiger charge is -2.04. The van der Waals surface area contributed by atoms with Crippen LogP contribution in [0.5, 0.6) is 5.88 Å². The van der Waals surface area contributed by atoms with Gasteiger partial charge in [0.15, 0.2) is 0 Å². The fourth-order valence-electron chi connectivity index (χ4n) is 1.26. The summed E-state index contributed by atoms with van der Waals surface area (Å²) in [5.74, 6) is -0.169. The molecule has 0 saturated heterocycles. The predicted octanol–water partition coefficient (Wildman–Crippen LogP) is 0.550. The van der Waals surface area contributed by atoms with Gasteiger partial charge in [0.25, 0.3) is 0 Å². The van der Waals surface area contributed by atoms with Gasteiger partial charge in [-0.3, -0.25) is 14.6 Å². The monoisotopic (exact) mass is 238 g/mol. The van der Waals surface area contributed by atoms with Crippen molar-refractivity contribution in [2.45, 2.75) is 19.3 Å². The second-order valence-electron chi connectivity index (χ2n) is 3.30.